The van der Waals surface area contributed by atoms with Crippen LogP contribution in [0.5, 0.6) is 0 Å². The van der Waals surface area contributed by atoms with Crippen LogP contribution in [0, 0.1) is 5.92 Å². The highest BCUT2D eigenvalue weighted by atomic mass is 32.2. The van der Waals surface area contributed by atoms with E-state index in [4.69, 9.17) is 0 Å². The molecule has 2 aromatic heterocycles. The van der Waals surface area contributed by atoms with E-state index in [2.05, 4.69) is 0 Å². The van der Waals surface area contributed by atoms with E-state index in [1.807, 2.05) is 42.1 Å². The van der Waals surface area contributed by atoms with Gasteiger partial charge in [-0.3, -0.25) is 9.59 Å². The first-order valence-corrected chi connectivity index (χ1v) is 9.03. The van der Waals surface area contributed by atoms with Crippen molar-refractivity contribution in [3.63, 3.8) is 0 Å². The van der Waals surface area contributed by atoms with Gasteiger partial charge in [0.15, 0.2) is 11.6 Å². The number of hydrogen-bond acceptors (Lipinski definition) is 5. The van der Waals surface area contributed by atoms with Crippen LogP contribution in [0.1, 0.15) is 26.3 Å². The van der Waals surface area contributed by atoms with Crippen molar-refractivity contribution in [3.05, 3.63) is 55.8 Å². The number of rotatable bonds is 6. The van der Waals surface area contributed by atoms with Gasteiger partial charge in [-0.05, 0) is 40.1 Å². The molecule has 0 fully saturated rings. The van der Waals surface area contributed by atoms with Crippen LogP contribution in [-0.4, -0.2) is 17.8 Å². The fourth-order valence-corrected chi connectivity index (χ4v) is 3.82. The summed E-state index contributed by atoms with van der Waals surface area (Å²) in [6.45, 7) is 1.85. The van der Waals surface area contributed by atoms with E-state index in [1.54, 1.807) is 12.1 Å². The molecule has 0 aliphatic heterocycles. The van der Waals surface area contributed by atoms with Gasteiger partial charge in [0.1, 0.15) is 0 Å². The molecule has 0 spiro atoms. The largest absolute Gasteiger partial charge is 0.293 e. The molecule has 20 heavy (non-hydrogen) atoms. The third-order valence-corrected chi connectivity index (χ3v) is 5.57. The first kappa shape index (κ1) is 15.2. The summed E-state index contributed by atoms with van der Waals surface area (Å²) < 4.78 is 0. The van der Waals surface area contributed by atoms with Gasteiger partial charge in [0.25, 0.3) is 0 Å². The summed E-state index contributed by atoms with van der Waals surface area (Å²) in [5.41, 5.74) is 0. The zero-order valence-electron chi connectivity index (χ0n) is 11.2. The Kier molecular flexibility index (Phi) is 5.34. The van der Waals surface area contributed by atoms with Crippen molar-refractivity contribution in [1.82, 2.24) is 0 Å². The first-order chi connectivity index (χ1) is 9.63. The molecule has 0 amide bonds. The highest BCUT2D eigenvalue weighted by Crippen LogP contribution is 2.27. The molecule has 2 heterocycles. The number of Topliss-reactive ketones (excluding diaryl/α,β-unsaturated/α-hetero) is 1. The van der Waals surface area contributed by atoms with E-state index < -0.39 is 0 Å². The highest BCUT2D eigenvalue weighted by Gasteiger charge is 2.21. The van der Waals surface area contributed by atoms with E-state index in [0.29, 0.717) is 4.88 Å². The van der Waals surface area contributed by atoms with Crippen molar-refractivity contribution >= 4 is 46.0 Å². The van der Waals surface area contributed by atoms with Crippen molar-refractivity contribution in [2.24, 2.45) is 5.92 Å². The predicted octanol–water partition coefficient (Wildman–Crippen LogP) is 4.76. The number of hydrogen-bond donors (Lipinski definition) is 0. The average Bonchev–Trinajstić information content (AvgIpc) is 3.15. The van der Waals surface area contributed by atoms with Gasteiger partial charge in [0, 0.05) is 0 Å². The molecule has 5 heteroatoms. The average molecular weight is 322 g/mol. The number of carbonyl (C=O) groups excluding carboxylic acids is 2. The molecule has 2 aromatic rings. The highest BCUT2D eigenvalue weighted by molar-refractivity contribution is 8.02. The molecule has 0 saturated heterocycles. The van der Waals surface area contributed by atoms with Crippen molar-refractivity contribution in [2.75, 3.05) is 6.26 Å². The molecule has 0 aliphatic rings. The molecule has 104 valence electrons. The molecule has 0 bridgehead atoms. The molecule has 2 rings (SSSR count). The number of thiophene rings is 2. The Labute approximate surface area is 130 Å². The second kappa shape index (κ2) is 7.02. The van der Waals surface area contributed by atoms with Crippen LogP contribution in [0.3, 0.4) is 0 Å². The van der Waals surface area contributed by atoms with Crippen LogP contribution in [0.2, 0.25) is 0 Å². The van der Waals surface area contributed by atoms with Gasteiger partial charge >= 0.3 is 0 Å². The maximum absolute atomic E-state index is 12.3. The molecule has 0 aliphatic carbocycles. The van der Waals surface area contributed by atoms with Crippen LogP contribution >= 0.6 is 34.4 Å². The predicted molar refractivity (Wildman–Crippen MR) is 88.1 cm³/mol. The van der Waals surface area contributed by atoms with E-state index in [-0.39, 0.29) is 17.5 Å². The number of carbonyl (C=O) groups is 2. The zero-order chi connectivity index (χ0) is 14.5. The maximum atomic E-state index is 12.3. The van der Waals surface area contributed by atoms with Gasteiger partial charge in [0.05, 0.1) is 15.7 Å². The monoisotopic (exact) mass is 322 g/mol. The first-order valence-electron chi connectivity index (χ1n) is 6.04. The second-order valence-corrected chi connectivity index (χ2v) is 6.93. The standard InChI is InChI=1S/C15H14O2S3/c1-10(15(17)13-6-4-8-20-13)14(18-2)9-11(16)12-5-3-7-19-12/h3-10H,1-2H3. The van der Waals surface area contributed by atoms with Crippen molar-refractivity contribution in [2.45, 2.75) is 6.92 Å². The van der Waals surface area contributed by atoms with Crippen molar-refractivity contribution in [3.8, 4) is 0 Å². The SMILES string of the molecule is CSC(=CC(=O)c1cccs1)C(C)C(=O)c1cccs1. The summed E-state index contributed by atoms with van der Waals surface area (Å²) in [5, 5.41) is 3.76. The van der Waals surface area contributed by atoms with E-state index in [1.165, 1.54) is 34.4 Å². The summed E-state index contributed by atoms with van der Waals surface area (Å²) in [6.07, 6.45) is 3.48. The van der Waals surface area contributed by atoms with Crippen LogP contribution < -0.4 is 0 Å². The fourth-order valence-electron chi connectivity index (χ4n) is 1.74. The molecule has 2 nitrogen and oxygen atoms in total. The third-order valence-electron chi connectivity index (χ3n) is 2.86. The number of ketones is 2. The van der Waals surface area contributed by atoms with E-state index in [0.717, 1.165) is 9.78 Å². The molecule has 1 atom stereocenters. The molecular formula is C15H14O2S3. The minimum atomic E-state index is -0.285. The Hall–Kier alpha value is -1.17. The lowest BCUT2D eigenvalue weighted by molar-refractivity contribution is 0.0955. The normalized spacial score (nSPS) is 13.2. The fraction of sp³-hybridized carbons (Fsp3) is 0.200. The smallest absolute Gasteiger partial charge is 0.196 e. The van der Waals surface area contributed by atoms with Crippen LogP contribution in [0.4, 0.5) is 0 Å². The van der Waals surface area contributed by atoms with Gasteiger partial charge in [-0.1, -0.05) is 19.1 Å². The van der Waals surface area contributed by atoms with Gasteiger partial charge in [0.2, 0.25) is 0 Å². The topological polar surface area (TPSA) is 34.1 Å². The minimum Gasteiger partial charge on any atom is -0.293 e. The Morgan fingerprint density at radius 3 is 2.25 bits per heavy atom. The maximum Gasteiger partial charge on any atom is 0.196 e. The van der Waals surface area contributed by atoms with Gasteiger partial charge in [-0.15, -0.1) is 34.4 Å². The zero-order valence-corrected chi connectivity index (χ0v) is 13.6. The Bertz CT molecular complexity index is 610. The van der Waals surface area contributed by atoms with Crippen LogP contribution in [-0.2, 0) is 0 Å². The quantitative estimate of drug-likeness (QED) is 0.568. The molecule has 0 saturated carbocycles. The van der Waals surface area contributed by atoms with Crippen LogP contribution in [0.25, 0.3) is 0 Å². The van der Waals surface area contributed by atoms with Crippen LogP contribution in [0.15, 0.2) is 46.0 Å². The molecule has 0 N–H and O–H groups in total. The molecule has 1 unspecified atom stereocenters. The Morgan fingerprint density at radius 2 is 1.75 bits per heavy atom. The summed E-state index contributed by atoms with van der Waals surface area (Å²) in [6, 6.07) is 7.34. The lowest BCUT2D eigenvalue weighted by Crippen LogP contribution is -2.12. The summed E-state index contributed by atoms with van der Waals surface area (Å²) in [7, 11) is 0. The molecular weight excluding hydrogens is 308 g/mol. The van der Waals surface area contributed by atoms with Crippen molar-refractivity contribution < 1.29 is 9.59 Å². The van der Waals surface area contributed by atoms with E-state index in [9.17, 15) is 9.59 Å². The number of allylic oxidation sites excluding steroid dienone is 2. The number of thioether (sulfide) groups is 1. The lowest BCUT2D eigenvalue weighted by atomic mass is 10.0. The Balaban J connectivity index is 2.19. The molecule has 0 aromatic carbocycles. The summed E-state index contributed by atoms with van der Waals surface area (Å²) in [4.78, 5) is 26.7. The summed E-state index contributed by atoms with van der Waals surface area (Å²) in [5.74, 6) is -0.248. The van der Waals surface area contributed by atoms with Gasteiger partial charge in [-0.25, -0.2) is 0 Å². The molecule has 0 radical (unpaired) electrons. The minimum absolute atomic E-state index is 0.0322. The second-order valence-electron chi connectivity index (χ2n) is 4.16. The van der Waals surface area contributed by atoms with E-state index >= 15 is 0 Å². The van der Waals surface area contributed by atoms with Crippen molar-refractivity contribution in [1.29, 1.82) is 0 Å². The van der Waals surface area contributed by atoms with Gasteiger partial charge < -0.3 is 0 Å². The lowest BCUT2D eigenvalue weighted by Gasteiger charge is -2.11. The third kappa shape index (κ3) is 3.48. The summed E-state index contributed by atoms with van der Waals surface area (Å²) >= 11 is 4.31. The Morgan fingerprint density at radius 1 is 1.15 bits per heavy atom. The van der Waals surface area contributed by atoms with Gasteiger partial charge in [-0.2, -0.15) is 0 Å².